The molecular weight excluding hydrogens is 233 g/mol. The number of hydrogen-bond donors (Lipinski definition) is 1. The number of rotatable bonds is 2. The van der Waals surface area contributed by atoms with Crippen molar-refractivity contribution in [3.05, 3.63) is 47.1 Å². The molecule has 0 aliphatic carbocycles. The molecule has 17 heavy (non-hydrogen) atoms. The van der Waals surface area contributed by atoms with Gasteiger partial charge in [-0.15, -0.1) is 11.3 Å². The highest BCUT2D eigenvalue weighted by molar-refractivity contribution is 7.15. The zero-order valence-electron chi connectivity index (χ0n) is 9.46. The average molecular weight is 245 g/mol. The van der Waals surface area contributed by atoms with Crippen molar-refractivity contribution < 1.29 is 4.39 Å². The van der Waals surface area contributed by atoms with Gasteiger partial charge in [-0.05, 0) is 42.8 Å². The van der Waals surface area contributed by atoms with Gasteiger partial charge in [-0.2, -0.15) is 0 Å². The van der Waals surface area contributed by atoms with Gasteiger partial charge in [0.15, 0.2) is 0 Å². The second-order valence-electron chi connectivity index (χ2n) is 4.03. The summed E-state index contributed by atoms with van der Waals surface area (Å²) in [6.07, 6.45) is 1.06. The Labute approximate surface area is 103 Å². The number of aromatic amines is 1. The molecule has 0 bridgehead atoms. The number of nitrogens with one attached hydrogen (secondary N) is 1. The molecule has 0 atom stereocenters. The third kappa shape index (κ3) is 1.87. The van der Waals surface area contributed by atoms with Gasteiger partial charge >= 0.3 is 0 Å². The number of aromatic nitrogens is 1. The maximum Gasteiger partial charge on any atom is 0.123 e. The first-order valence-electron chi connectivity index (χ1n) is 5.63. The van der Waals surface area contributed by atoms with Crippen LogP contribution in [0.1, 0.15) is 11.8 Å². The van der Waals surface area contributed by atoms with E-state index in [1.165, 1.54) is 15.8 Å². The molecule has 0 saturated heterocycles. The number of thiophene rings is 1. The SMILES string of the molecule is CCc1ccc(-c2cc3cc(F)ccc3[nH]2)s1. The predicted molar refractivity (Wildman–Crippen MR) is 70.9 cm³/mol. The molecule has 3 heteroatoms. The van der Waals surface area contributed by atoms with Gasteiger partial charge < -0.3 is 4.98 Å². The van der Waals surface area contributed by atoms with E-state index in [2.05, 4.69) is 24.0 Å². The first-order valence-corrected chi connectivity index (χ1v) is 6.45. The molecule has 0 fully saturated rings. The molecule has 3 aromatic rings. The summed E-state index contributed by atoms with van der Waals surface area (Å²) in [4.78, 5) is 5.89. The first kappa shape index (κ1) is 10.5. The molecule has 0 aliphatic heterocycles. The van der Waals surface area contributed by atoms with Crippen molar-refractivity contribution in [1.29, 1.82) is 0 Å². The first-order chi connectivity index (χ1) is 8.26. The van der Waals surface area contributed by atoms with E-state index in [0.29, 0.717) is 0 Å². The van der Waals surface area contributed by atoms with Crippen LogP contribution in [0.25, 0.3) is 21.5 Å². The summed E-state index contributed by atoms with van der Waals surface area (Å²) in [5, 5.41) is 0.923. The lowest BCUT2D eigenvalue weighted by molar-refractivity contribution is 0.630. The zero-order chi connectivity index (χ0) is 11.8. The Bertz CT molecular complexity index is 666. The van der Waals surface area contributed by atoms with Crippen LogP contribution in [0.3, 0.4) is 0 Å². The van der Waals surface area contributed by atoms with E-state index < -0.39 is 0 Å². The van der Waals surface area contributed by atoms with E-state index in [9.17, 15) is 4.39 Å². The normalized spacial score (nSPS) is 11.2. The van der Waals surface area contributed by atoms with Crippen molar-refractivity contribution in [2.24, 2.45) is 0 Å². The zero-order valence-corrected chi connectivity index (χ0v) is 10.3. The van der Waals surface area contributed by atoms with Crippen LogP contribution in [0.15, 0.2) is 36.4 Å². The van der Waals surface area contributed by atoms with Crippen LogP contribution in [0, 0.1) is 5.82 Å². The minimum atomic E-state index is -0.191. The van der Waals surface area contributed by atoms with E-state index in [1.807, 2.05) is 6.07 Å². The fourth-order valence-electron chi connectivity index (χ4n) is 1.95. The van der Waals surface area contributed by atoms with Crippen molar-refractivity contribution in [1.82, 2.24) is 4.98 Å². The Hall–Kier alpha value is -1.61. The van der Waals surface area contributed by atoms with Crippen LogP contribution in [-0.2, 0) is 6.42 Å². The topological polar surface area (TPSA) is 15.8 Å². The second-order valence-corrected chi connectivity index (χ2v) is 5.20. The van der Waals surface area contributed by atoms with E-state index in [-0.39, 0.29) is 5.82 Å². The average Bonchev–Trinajstić information content (AvgIpc) is 2.93. The van der Waals surface area contributed by atoms with Crippen LogP contribution in [-0.4, -0.2) is 4.98 Å². The fourth-order valence-corrected chi connectivity index (χ4v) is 2.87. The summed E-state index contributed by atoms with van der Waals surface area (Å²) < 4.78 is 13.1. The Morgan fingerprint density at radius 3 is 2.82 bits per heavy atom. The Morgan fingerprint density at radius 2 is 2.06 bits per heavy atom. The lowest BCUT2D eigenvalue weighted by atomic mass is 10.2. The summed E-state index contributed by atoms with van der Waals surface area (Å²) in [5.41, 5.74) is 2.04. The minimum absolute atomic E-state index is 0.191. The van der Waals surface area contributed by atoms with Crippen LogP contribution in [0.2, 0.25) is 0 Å². The molecule has 3 rings (SSSR count). The highest BCUT2D eigenvalue weighted by Gasteiger charge is 2.06. The third-order valence-corrected chi connectivity index (χ3v) is 4.12. The highest BCUT2D eigenvalue weighted by Crippen LogP contribution is 2.30. The van der Waals surface area contributed by atoms with Gasteiger partial charge in [-0.3, -0.25) is 0 Å². The van der Waals surface area contributed by atoms with Gasteiger partial charge in [0.1, 0.15) is 5.82 Å². The molecule has 86 valence electrons. The number of benzene rings is 1. The molecule has 2 aromatic heterocycles. The number of hydrogen-bond acceptors (Lipinski definition) is 1. The van der Waals surface area contributed by atoms with E-state index >= 15 is 0 Å². The van der Waals surface area contributed by atoms with Crippen molar-refractivity contribution in [2.75, 3.05) is 0 Å². The van der Waals surface area contributed by atoms with Gasteiger partial charge in [0.25, 0.3) is 0 Å². The lowest BCUT2D eigenvalue weighted by Gasteiger charge is -1.90. The molecule has 1 N–H and O–H groups in total. The molecule has 0 saturated carbocycles. The van der Waals surface area contributed by atoms with Crippen LogP contribution >= 0.6 is 11.3 Å². The molecule has 1 nitrogen and oxygen atoms in total. The molecule has 2 heterocycles. The Kier molecular flexibility index (Phi) is 2.48. The minimum Gasteiger partial charge on any atom is -0.354 e. The largest absolute Gasteiger partial charge is 0.354 e. The van der Waals surface area contributed by atoms with Gasteiger partial charge in [0, 0.05) is 15.8 Å². The number of aryl methyl sites for hydroxylation is 1. The van der Waals surface area contributed by atoms with Gasteiger partial charge in [-0.1, -0.05) is 6.92 Å². The quantitative estimate of drug-likeness (QED) is 0.679. The molecule has 0 spiro atoms. The summed E-state index contributed by atoms with van der Waals surface area (Å²) in [6.45, 7) is 2.15. The van der Waals surface area contributed by atoms with Gasteiger partial charge in [0.05, 0.1) is 10.6 Å². The van der Waals surface area contributed by atoms with Crippen molar-refractivity contribution in [3.8, 4) is 10.6 Å². The maximum atomic E-state index is 13.1. The van der Waals surface area contributed by atoms with Crippen molar-refractivity contribution >= 4 is 22.2 Å². The van der Waals surface area contributed by atoms with Crippen LogP contribution in [0.4, 0.5) is 4.39 Å². The highest BCUT2D eigenvalue weighted by atomic mass is 32.1. The number of halogens is 1. The summed E-state index contributed by atoms with van der Waals surface area (Å²) in [6, 6.07) is 11.1. The molecule has 0 radical (unpaired) electrons. The summed E-state index contributed by atoms with van der Waals surface area (Å²) >= 11 is 1.78. The van der Waals surface area contributed by atoms with Gasteiger partial charge in [-0.25, -0.2) is 4.39 Å². The molecular formula is C14H12FNS. The molecule has 0 aliphatic rings. The monoisotopic (exact) mass is 245 g/mol. The van der Waals surface area contributed by atoms with E-state index in [1.54, 1.807) is 23.5 Å². The Balaban J connectivity index is 2.11. The molecule has 0 unspecified atom stereocenters. The molecule has 0 amide bonds. The summed E-state index contributed by atoms with van der Waals surface area (Å²) in [7, 11) is 0. The predicted octanol–water partition coefficient (Wildman–Crippen LogP) is 4.60. The lowest BCUT2D eigenvalue weighted by Crippen LogP contribution is -1.71. The summed E-state index contributed by atoms with van der Waals surface area (Å²) in [5.74, 6) is -0.191. The number of H-pyrrole nitrogens is 1. The smallest absolute Gasteiger partial charge is 0.123 e. The van der Waals surface area contributed by atoms with Crippen molar-refractivity contribution in [3.63, 3.8) is 0 Å². The van der Waals surface area contributed by atoms with Crippen molar-refractivity contribution in [2.45, 2.75) is 13.3 Å². The van der Waals surface area contributed by atoms with E-state index in [0.717, 1.165) is 23.0 Å². The molecule has 1 aromatic carbocycles. The van der Waals surface area contributed by atoms with Crippen LogP contribution < -0.4 is 0 Å². The maximum absolute atomic E-state index is 13.1. The second kappa shape index (κ2) is 4.00. The van der Waals surface area contributed by atoms with E-state index in [4.69, 9.17) is 0 Å². The Morgan fingerprint density at radius 1 is 1.18 bits per heavy atom. The standard InChI is InChI=1S/C14H12FNS/c1-2-11-4-6-14(17-11)13-8-9-7-10(15)3-5-12(9)16-13/h3-8,16H,2H2,1H3. The number of fused-ring (bicyclic) bond motifs is 1. The van der Waals surface area contributed by atoms with Gasteiger partial charge in [0.2, 0.25) is 0 Å². The third-order valence-electron chi connectivity index (χ3n) is 2.86. The fraction of sp³-hybridized carbons (Fsp3) is 0.143. The van der Waals surface area contributed by atoms with Crippen LogP contribution in [0.5, 0.6) is 0 Å².